The van der Waals surface area contributed by atoms with Crippen molar-refractivity contribution >= 4 is 11.6 Å². The van der Waals surface area contributed by atoms with Gasteiger partial charge in [-0.05, 0) is 48.8 Å². The molecule has 0 amide bonds. The minimum atomic E-state index is 0.429. The average Bonchev–Trinajstić information content (AvgIpc) is 2.45. The molecule has 1 fully saturated rings. The fourth-order valence-corrected chi connectivity index (χ4v) is 3.79. The van der Waals surface area contributed by atoms with Crippen LogP contribution >= 0.6 is 11.6 Å². The Morgan fingerprint density at radius 1 is 1.25 bits per heavy atom. The molecule has 2 heteroatoms. The van der Waals surface area contributed by atoms with Crippen LogP contribution in [0.5, 0.6) is 0 Å². The Balaban J connectivity index is 2.08. The second-order valence-electron chi connectivity index (χ2n) is 6.48. The van der Waals surface area contributed by atoms with E-state index in [1.165, 1.54) is 31.2 Å². The normalized spacial score (nSPS) is 24.9. The molecule has 1 aromatic carbocycles. The predicted octanol–water partition coefficient (Wildman–Crippen LogP) is 5.60. The fourth-order valence-electron chi connectivity index (χ4n) is 3.60. The molecule has 3 unspecified atom stereocenters. The molecule has 0 aromatic heterocycles. The lowest BCUT2D eigenvalue weighted by Crippen LogP contribution is -2.42. The Hall–Kier alpha value is -0.530. The summed E-state index contributed by atoms with van der Waals surface area (Å²) in [5.41, 5.74) is 1.33. The number of halogens is 1. The van der Waals surface area contributed by atoms with E-state index in [9.17, 15) is 0 Å². The lowest BCUT2D eigenvalue weighted by atomic mass is 9.77. The molecular weight excluding hydrogens is 266 g/mol. The molecule has 2 rings (SSSR count). The highest BCUT2D eigenvalue weighted by Gasteiger charge is 2.29. The highest BCUT2D eigenvalue weighted by Crippen LogP contribution is 2.32. The standard InChI is InChI=1S/C18H28ClN/c1-4-17(14-8-7-9-15(19)12-14)20-18-11-6-5-10-16(18)13(2)3/h7-9,12-13,16-18,20H,4-6,10-11H2,1-3H3. The van der Waals surface area contributed by atoms with Gasteiger partial charge in [0.1, 0.15) is 0 Å². The molecular formula is C18H28ClN. The van der Waals surface area contributed by atoms with Crippen LogP contribution in [0.15, 0.2) is 24.3 Å². The topological polar surface area (TPSA) is 12.0 Å². The maximum Gasteiger partial charge on any atom is 0.0409 e. The minimum absolute atomic E-state index is 0.429. The predicted molar refractivity (Wildman–Crippen MR) is 88.2 cm³/mol. The van der Waals surface area contributed by atoms with E-state index in [-0.39, 0.29) is 0 Å². The second-order valence-corrected chi connectivity index (χ2v) is 6.92. The first-order chi connectivity index (χ1) is 9.61. The lowest BCUT2D eigenvalue weighted by Gasteiger charge is -2.37. The molecule has 1 aromatic rings. The average molecular weight is 294 g/mol. The number of rotatable bonds is 5. The molecule has 0 aliphatic heterocycles. The van der Waals surface area contributed by atoms with Gasteiger partial charge in [0.2, 0.25) is 0 Å². The largest absolute Gasteiger partial charge is 0.307 e. The van der Waals surface area contributed by atoms with E-state index in [0.29, 0.717) is 12.1 Å². The van der Waals surface area contributed by atoms with E-state index >= 15 is 0 Å². The van der Waals surface area contributed by atoms with Crippen LogP contribution in [0.2, 0.25) is 5.02 Å². The molecule has 0 radical (unpaired) electrons. The Labute approximate surface area is 129 Å². The quantitative estimate of drug-likeness (QED) is 0.745. The van der Waals surface area contributed by atoms with E-state index in [2.05, 4.69) is 44.3 Å². The van der Waals surface area contributed by atoms with Crippen LogP contribution in [0.25, 0.3) is 0 Å². The molecule has 1 saturated carbocycles. The van der Waals surface area contributed by atoms with Crippen molar-refractivity contribution in [3.05, 3.63) is 34.9 Å². The van der Waals surface area contributed by atoms with Gasteiger partial charge in [-0.2, -0.15) is 0 Å². The SMILES string of the molecule is CCC(NC1CCCCC1C(C)C)c1cccc(Cl)c1. The smallest absolute Gasteiger partial charge is 0.0409 e. The summed E-state index contributed by atoms with van der Waals surface area (Å²) in [6, 6.07) is 9.40. The minimum Gasteiger partial charge on any atom is -0.307 e. The highest BCUT2D eigenvalue weighted by molar-refractivity contribution is 6.30. The molecule has 1 nitrogen and oxygen atoms in total. The summed E-state index contributed by atoms with van der Waals surface area (Å²) in [4.78, 5) is 0. The Morgan fingerprint density at radius 2 is 2.00 bits per heavy atom. The Bertz CT molecular complexity index is 416. The van der Waals surface area contributed by atoms with Crippen molar-refractivity contribution in [2.24, 2.45) is 11.8 Å². The molecule has 3 atom stereocenters. The van der Waals surface area contributed by atoms with Crippen LogP contribution in [0.3, 0.4) is 0 Å². The monoisotopic (exact) mass is 293 g/mol. The second kappa shape index (κ2) is 7.47. The van der Waals surface area contributed by atoms with Gasteiger partial charge in [0.15, 0.2) is 0 Å². The van der Waals surface area contributed by atoms with E-state index in [0.717, 1.165) is 23.3 Å². The van der Waals surface area contributed by atoms with Crippen LogP contribution in [0, 0.1) is 11.8 Å². The van der Waals surface area contributed by atoms with Gasteiger partial charge >= 0.3 is 0 Å². The van der Waals surface area contributed by atoms with Gasteiger partial charge < -0.3 is 5.32 Å². The third kappa shape index (κ3) is 3.99. The zero-order valence-corrected chi connectivity index (χ0v) is 13.8. The molecule has 20 heavy (non-hydrogen) atoms. The highest BCUT2D eigenvalue weighted by atomic mass is 35.5. The van der Waals surface area contributed by atoms with Crippen molar-refractivity contribution in [3.63, 3.8) is 0 Å². The summed E-state index contributed by atoms with van der Waals surface area (Å²) in [6.07, 6.45) is 6.57. The maximum atomic E-state index is 6.14. The molecule has 1 aliphatic carbocycles. The third-order valence-corrected chi connectivity index (χ3v) is 4.99. The lowest BCUT2D eigenvalue weighted by molar-refractivity contribution is 0.191. The van der Waals surface area contributed by atoms with Crippen molar-refractivity contribution in [2.75, 3.05) is 0 Å². The van der Waals surface area contributed by atoms with Gasteiger partial charge in [-0.25, -0.2) is 0 Å². The fraction of sp³-hybridized carbons (Fsp3) is 0.667. The number of hydrogen-bond acceptors (Lipinski definition) is 1. The number of hydrogen-bond donors (Lipinski definition) is 1. The molecule has 0 bridgehead atoms. The van der Waals surface area contributed by atoms with Gasteiger partial charge in [-0.1, -0.05) is 57.3 Å². The number of nitrogens with one attached hydrogen (secondary N) is 1. The summed E-state index contributed by atoms with van der Waals surface area (Å²) in [5, 5.41) is 4.76. The summed E-state index contributed by atoms with van der Waals surface area (Å²) < 4.78 is 0. The van der Waals surface area contributed by atoms with E-state index in [1.807, 2.05) is 6.07 Å². The van der Waals surface area contributed by atoms with Crippen molar-refractivity contribution in [1.29, 1.82) is 0 Å². The van der Waals surface area contributed by atoms with Gasteiger partial charge in [0, 0.05) is 17.1 Å². The molecule has 1 aliphatic rings. The van der Waals surface area contributed by atoms with Crippen molar-refractivity contribution in [1.82, 2.24) is 5.32 Å². The van der Waals surface area contributed by atoms with E-state index < -0.39 is 0 Å². The first-order valence-corrected chi connectivity index (χ1v) is 8.51. The van der Waals surface area contributed by atoms with Crippen LogP contribution < -0.4 is 5.32 Å². The van der Waals surface area contributed by atoms with Crippen LogP contribution in [0.4, 0.5) is 0 Å². The molecule has 112 valence electrons. The van der Waals surface area contributed by atoms with Crippen LogP contribution in [-0.2, 0) is 0 Å². The summed E-state index contributed by atoms with van der Waals surface area (Å²) in [7, 11) is 0. The van der Waals surface area contributed by atoms with Crippen molar-refractivity contribution < 1.29 is 0 Å². The molecule has 0 saturated heterocycles. The molecule has 0 spiro atoms. The zero-order valence-electron chi connectivity index (χ0n) is 13.0. The first-order valence-electron chi connectivity index (χ1n) is 8.13. The number of benzene rings is 1. The Kier molecular flexibility index (Phi) is 5.92. The van der Waals surface area contributed by atoms with E-state index in [4.69, 9.17) is 11.6 Å². The van der Waals surface area contributed by atoms with Crippen molar-refractivity contribution in [3.8, 4) is 0 Å². The molecule has 0 heterocycles. The summed E-state index contributed by atoms with van der Waals surface area (Å²) >= 11 is 6.14. The maximum absolute atomic E-state index is 6.14. The van der Waals surface area contributed by atoms with Gasteiger partial charge in [-0.3, -0.25) is 0 Å². The van der Waals surface area contributed by atoms with Gasteiger partial charge in [-0.15, -0.1) is 0 Å². The van der Waals surface area contributed by atoms with Crippen LogP contribution in [0.1, 0.15) is 64.5 Å². The Morgan fingerprint density at radius 3 is 2.65 bits per heavy atom. The zero-order chi connectivity index (χ0) is 14.5. The summed E-state index contributed by atoms with van der Waals surface area (Å²) in [5.74, 6) is 1.58. The van der Waals surface area contributed by atoms with Gasteiger partial charge in [0.05, 0.1) is 0 Å². The van der Waals surface area contributed by atoms with Crippen LogP contribution in [-0.4, -0.2) is 6.04 Å². The third-order valence-electron chi connectivity index (χ3n) is 4.75. The first kappa shape index (κ1) is 15.9. The van der Waals surface area contributed by atoms with E-state index in [1.54, 1.807) is 0 Å². The summed E-state index contributed by atoms with van der Waals surface area (Å²) in [6.45, 7) is 6.99. The van der Waals surface area contributed by atoms with Gasteiger partial charge in [0.25, 0.3) is 0 Å². The van der Waals surface area contributed by atoms with Crippen molar-refractivity contribution in [2.45, 2.75) is 65.0 Å². The molecule has 1 N–H and O–H groups in total.